The van der Waals surface area contributed by atoms with Gasteiger partial charge in [-0.15, -0.1) is 0 Å². The Morgan fingerprint density at radius 3 is 2.53 bits per heavy atom. The molecule has 1 amide bonds. The number of methoxy groups -OCH3 is 2. The third-order valence-corrected chi connectivity index (χ3v) is 15.6. The molecule has 2 bridgehead atoms. The Morgan fingerprint density at radius 2 is 1.84 bits per heavy atom. The number of fused-ring (bicyclic) bond motifs is 4. The standard InChI is InChI=1S/C43H61ClN4O6S/c1-30-9-7-18-43(53-6,28-46-19-21-48(22-20-46)41(2,3)4)36-14-11-33(36)25-47-27-42(17-8-10-31-23-34(44)13-15-35(31)42)29-54-38-16-12-32(24-37(38)47)40(49)45-55(50,51)39(30)26-52-5/h7,12-13,15-16,18,23-24,30,33,36,39H,8-11,14,17,19-22,25-29H2,1-6H3,(H,45,49)/b18-7+/t30-,33-,36+,39+,42-,43+/m0/s1. The first-order valence-corrected chi connectivity index (χ1v) is 22.2. The summed E-state index contributed by atoms with van der Waals surface area (Å²) < 4.78 is 49.2. The molecule has 55 heavy (non-hydrogen) atoms. The Hall–Kier alpha value is -2.67. The zero-order valence-corrected chi connectivity index (χ0v) is 35.2. The van der Waals surface area contributed by atoms with Crippen LogP contribution >= 0.6 is 11.6 Å². The van der Waals surface area contributed by atoms with Crippen LogP contribution in [0.3, 0.4) is 0 Å². The summed E-state index contributed by atoms with van der Waals surface area (Å²) in [5, 5.41) is -0.189. The third kappa shape index (κ3) is 8.21. The first-order chi connectivity index (χ1) is 26.2. The lowest BCUT2D eigenvalue weighted by atomic mass is 9.63. The van der Waals surface area contributed by atoms with Crippen molar-refractivity contribution in [1.29, 1.82) is 0 Å². The van der Waals surface area contributed by atoms with E-state index in [1.165, 1.54) is 18.2 Å². The number of hydrogen-bond acceptors (Lipinski definition) is 9. The average Bonchev–Trinajstić information content (AvgIpc) is 3.28. The number of ether oxygens (including phenoxy) is 3. The third-order valence-electron chi connectivity index (χ3n) is 13.5. The van der Waals surface area contributed by atoms with Crippen LogP contribution in [0.5, 0.6) is 5.75 Å². The average molecular weight is 798 g/mol. The molecule has 0 unspecified atom stereocenters. The van der Waals surface area contributed by atoms with Crippen molar-refractivity contribution in [2.24, 2.45) is 17.8 Å². The second kappa shape index (κ2) is 15.9. The Balaban J connectivity index is 1.30. The van der Waals surface area contributed by atoms with Crippen LogP contribution in [0.4, 0.5) is 5.69 Å². The molecular weight excluding hydrogens is 736 g/mol. The Morgan fingerprint density at radius 1 is 1.05 bits per heavy atom. The Labute approximate surface area is 333 Å². The van der Waals surface area contributed by atoms with E-state index < -0.39 is 26.8 Å². The van der Waals surface area contributed by atoms with E-state index in [0.29, 0.717) is 31.2 Å². The molecular formula is C43H61ClN4O6S. The molecule has 1 N–H and O–H groups in total. The second-order valence-electron chi connectivity index (χ2n) is 17.9. The van der Waals surface area contributed by atoms with Crippen LogP contribution in [0.15, 0.2) is 48.6 Å². The zero-order chi connectivity index (χ0) is 39.2. The lowest BCUT2D eigenvalue weighted by Crippen LogP contribution is -2.60. The maximum Gasteiger partial charge on any atom is 0.264 e. The van der Waals surface area contributed by atoms with E-state index >= 15 is 0 Å². The van der Waals surface area contributed by atoms with Gasteiger partial charge in [-0.05, 0) is 119 Å². The van der Waals surface area contributed by atoms with E-state index in [0.717, 1.165) is 82.1 Å². The minimum absolute atomic E-state index is 0.0314. The van der Waals surface area contributed by atoms with Crippen molar-refractivity contribution in [2.45, 2.75) is 88.0 Å². The van der Waals surface area contributed by atoms with Gasteiger partial charge in [0, 0.05) is 81.6 Å². The Kier molecular flexibility index (Phi) is 11.7. The lowest BCUT2D eigenvalue weighted by molar-refractivity contribution is -0.0975. The normalized spacial score (nSPS) is 32.3. The molecule has 12 heteroatoms. The molecule has 3 aliphatic heterocycles. The van der Waals surface area contributed by atoms with Gasteiger partial charge < -0.3 is 19.1 Å². The highest BCUT2D eigenvalue weighted by Gasteiger charge is 2.50. The van der Waals surface area contributed by atoms with Gasteiger partial charge in [0.1, 0.15) is 16.6 Å². The number of carbonyl (C=O) groups excluding carboxylic acids is 1. The molecule has 0 radical (unpaired) electrons. The number of nitrogens with one attached hydrogen (secondary N) is 1. The fourth-order valence-electron chi connectivity index (χ4n) is 10.1. The van der Waals surface area contributed by atoms with Crippen molar-refractivity contribution in [3.05, 3.63) is 70.3 Å². The molecule has 1 saturated carbocycles. The van der Waals surface area contributed by atoms with Crippen LogP contribution in [0, 0.1) is 17.8 Å². The van der Waals surface area contributed by atoms with Crippen LogP contribution in [0.1, 0.15) is 81.3 Å². The fraction of sp³-hybridized carbons (Fsp3) is 0.651. The summed E-state index contributed by atoms with van der Waals surface area (Å²) >= 11 is 6.52. The molecule has 3 heterocycles. The van der Waals surface area contributed by atoms with Crippen LogP contribution in [0.2, 0.25) is 5.02 Å². The number of hydrogen-bond donors (Lipinski definition) is 1. The van der Waals surface area contributed by atoms with E-state index in [1.54, 1.807) is 6.07 Å². The first kappa shape index (κ1) is 40.5. The lowest BCUT2D eigenvalue weighted by Gasteiger charge is -2.52. The van der Waals surface area contributed by atoms with Crippen molar-refractivity contribution in [3.63, 3.8) is 0 Å². The molecule has 2 fully saturated rings. The highest BCUT2D eigenvalue weighted by atomic mass is 35.5. The predicted octanol–water partition coefficient (Wildman–Crippen LogP) is 6.31. The Bertz CT molecular complexity index is 1860. The van der Waals surface area contributed by atoms with Crippen LogP contribution < -0.4 is 14.4 Å². The van der Waals surface area contributed by atoms with Crippen LogP contribution in [-0.4, -0.2) is 114 Å². The monoisotopic (exact) mass is 796 g/mol. The highest BCUT2D eigenvalue weighted by molar-refractivity contribution is 7.90. The van der Waals surface area contributed by atoms with Crippen LogP contribution in [-0.2, 0) is 31.3 Å². The number of nitrogens with zero attached hydrogens (tertiary/aromatic N) is 3. The van der Waals surface area contributed by atoms with Crippen LogP contribution in [0.25, 0.3) is 0 Å². The zero-order valence-electron chi connectivity index (χ0n) is 33.6. The number of carbonyl (C=O) groups is 1. The van der Waals surface area contributed by atoms with Gasteiger partial charge in [0.05, 0.1) is 18.9 Å². The fourth-order valence-corrected chi connectivity index (χ4v) is 11.9. The van der Waals surface area contributed by atoms with Gasteiger partial charge in [0.2, 0.25) is 10.0 Å². The summed E-state index contributed by atoms with van der Waals surface area (Å²) in [5.74, 6) is 0.290. The summed E-state index contributed by atoms with van der Waals surface area (Å²) in [4.78, 5) is 21.4. The summed E-state index contributed by atoms with van der Waals surface area (Å²) in [5.41, 5.74) is 2.92. The number of benzene rings is 2. The van der Waals surface area contributed by atoms with Crippen molar-refractivity contribution < 1.29 is 27.4 Å². The number of rotatable bonds is 5. The largest absolute Gasteiger partial charge is 0.490 e. The summed E-state index contributed by atoms with van der Waals surface area (Å²) in [6, 6.07) is 11.6. The first-order valence-electron chi connectivity index (χ1n) is 20.2. The number of allylic oxidation sites excluding steroid dienone is 1. The van der Waals surface area contributed by atoms with Gasteiger partial charge in [-0.25, -0.2) is 13.1 Å². The number of aryl methyl sites for hydroxylation is 1. The minimum Gasteiger partial charge on any atom is -0.490 e. The van der Waals surface area contributed by atoms with E-state index in [-0.39, 0.29) is 35.0 Å². The molecule has 302 valence electrons. The molecule has 1 spiro atoms. The number of sulfonamides is 1. The van der Waals surface area contributed by atoms with Crippen molar-refractivity contribution in [1.82, 2.24) is 14.5 Å². The van der Waals surface area contributed by atoms with Crippen molar-refractivity contribution in [3.8, 4) is 5.75 Å². The van der Waals surface area contributed by atoms with Crippen molar-refractivity contribution >= 4 is 33.2 Å². The topological polar surface area (TPSA) is 101 Å². The molecule has 5 aliphatic rings. The predicted molar refractivity (Wildman–Crippen MR) is 219 cm³/mol. The number of halogens is 1. The quantitative estimate of drug-likeness (QED) is 0.349. The van der Waals surface area contributed by atoms with E-state index in [9.17, 15) is 13.2 Å². The smallest absolute Gasteiger partial charge is 0.264 e. The molecule has 2 aromatic carbocycles. The van der Waals surface area contributed by atoms with Gasteiger partial charge in [-0.1, -0.05) is 36.7 Å². The SMILES string of the molecule is COC[C@@H]1[C@@H](C)C/C=C/[C@](CN2CCN(C(C)(C)C)CC2)(OC)[C@@H]2CC[C@H]2CN2C[C@@]3(CCCc4cc(Cl)ccc43)COc3ccc(cc32)C(=O)NS1(=O)=O. The highest BCUT2D eigenvalue weighted by Crippen LogP contribution is 2.49. The molecule has 2 aliphatic carbocycles. The molecule has 1 saturated heterocycles. The van der Waals surface area contributed by atoms with Gasteiger partial charge in [0.15, 0.2) is 0 Å². The van der Waals surface area contributed by atoms with E-state index in [2.05, 4.69) is 64.5 Å². The number of amides is 1. The molecule has 10 nitrogen and oxygen atoms in total. The molecule has 6 atom stereocenters. The number of anilines is 1. The van der Waals surface area contributed by atoms with E-state index in [4.69, 9.17) is 25.8 Å². The van der Waals surface area contributed by atoms with Gasteiger partial charge in [0.25, 0.3) is 5.91 Å². The van der Waals surface area contributed by atoms with Gasteiger partial charge in [-0.3, -0.25) is 14.6 Å². The van der Waals surface area contributed by atoms with E-state index in [1.807, 2.05) is 32.2 Å². The summed E-state index contributed by atoms with van der Waals surface area (Å²) in [6.07, 6.45) is 9.94. The van der Waals surface area contributed by atoms with Gasteiger partial charge >= 0.3 is 0 Å². The minimum atomic E-state index is -4.10. The molecule has 0 aromatic heterocycles. The maximum absolute atomic E-state index is 13.9. The van der Waals surface area contributed by atoms with Gasteiger partial charge in [-0.2, -0.15) is 0 Å². The number of piperazine rings is 1. The second-order valence-corrected chi connectivity index (χ2v) is 20.2. The van der Waals surface area contributed by atoms with Crippen molar-refractivity contribution in [2.75, 3.05) is 78.1 Å². The molecule has 2 aromatic rings. The molecule has 7 rings (SSSR count). The maximum atomic E-state index is 13.9. The summed E-state index contributed by atoms with van der Waals surface area (Å²) in [7, 11) is -0.756. The summed E-state index contributed by atoms with van der Waals surface area (Å²) in [6.45, 7) is 15.4.